The third-order valence-electron chi connectivity index (χ3n) is 7.14. The molecule has 5 heteroatoms. The highest BCUT2D eigenvalue weighted by Gasteiger charge is 2.23. The summed E-state index contributed by atoms with van der Waals surface area (Å²) in [6.45, 7) is 1.99. The van der Waals surface area contributed by atoms with Crippen LogP contribution in [0.1, 0.15) is 11.1 Å². The topological polar surface area (TPSA) is 54.0 Å². The molecule has 0 fully saturated rings. The van der Waals surface area contributed by atoms with Crippen molar-refractivity contribution in [1.82, 2.24) is 0 Å². The second-order valence-corrected chi connectivity index (χ2v) is 9.40. The SMILES string of the molecule is Cc1ccc2c(oc3c(-c4ccc5c(c4)oc4ccccc45)cc(C#N)cc32)c1-c1cc(F)cc[n+]1C. The van der Waals surface area contributed by atoms with Gasteiger partial charge < -0.3 is 8.83 Å². The average Bonchev–Trinajstić information content (AvgIpc) is 3.47. The maximum atomic E-state index is 14.3. The van der Waals surface area contributed by atoms with Gasteiger partial charge in [0.1, 0.15) is 35.2 Å². The maximum Gasteiger partial charge on any atom is 0.219 e. The molecule has 0 saturated heterocycles. The van der Waals surface area contributed by atoms with Crippen molar-refractivity contribution in [2.24, 2.45) is 7.05 Å². The highest BCUT2D eigenvalue weighted by atomic mass is 19.1. The van der Waals surface area contributed by atoms with E-state index in [9.17, 15) is 9.65 Å². The Kier molecular flexibility index (Phi) is 4.49. The quantitative estimate of drug-likeness (QED) is 0.234. The van der Waals surface area contributed by atoms with Crippen LogP contribution in [0.5, 0.6) is 0 Å². The molecule has 0 atom stereocenters. The number of nitrogens with zero attached hydrogens (tertiary/aromatic N) is 2. The fourth-order valence-corrected chi connectivity index (χ4v) is 5.32. The van der Waals surface area contributed by atoms with Crippen LogP contribution in [0.4, 0.5) is 4.39 Å². The molecule has 0 aliphatic carbocycles. The van der Waals surface area contributed by atoms with Crippen LogP contribution < -0.4 is 4.57 Å². The fourth-order valence-electron chi connectivity index (χ4n) is 5.32. The Bertz CT molecular complexity index is 2090. The van der Waals surface area contributed by atoms with Crippen molar-refractivity contribution in [3.8, 4) is 28.5 Å². The number of fused-ring (bicyclic) bond motifs is 6. The highest BCUT2D eigenvalue weighted by Crippen LogP contribution is 2.42. The van der Waals surface area contributed by atoms with Crippen molar-refractivity contribution in [3.63, 3.8) is 0 Å². The Labute approximate surface area is 211 Å². The predicted octanol–water partition coefficient (Wildman–Crippen LogP) is 7.96. The summed E-state index contributed by atoms with van der Waals surface area (Å²) in [5.41, 5.74) is 7.69. The molecule has 0 spiro atoms. The zero-order valence-corrected chi connectivity index (χ0v) is 20.2. The van der Waals surface area contributed by atoms with Crippen LogP contribution in [0.3, 0.4) is 0 Å². The van der Waals surface area contributed by atoms with Crippen molar-refractivity contribution in [2.75, 3.05) is 0 Å². The molecule has 3 aromatic heterocycles. The lowest BCUT2D eigenvalue weighted by atomic mass is 9.97. The summed E-state index contributed by atoms with van der Waals surface area (Å²) in [5, 5.41) is 13.7. The van der Waals surface area contributed by atoms with Crippen molar-refractivity contribution in [2.45, 2.75) is 6.92 Å². The molecule has 4 aromatic carbocycles. The Morgan fingerprint density at radius 1 is 0.784 bits per heavy atom. The van der Waals surface area contributed by atoms with Gasteiger partial charge in [0.2, 0.25) is 5.69 Å². The van der Waals surface area contributed by atoms with Crippen LogP contribution in [0, 0.1) is 24.1 Å². The lowest BCUT2D eigenvalue weighted by Gasteiger charge is -2.05. The van der Waals surface area contributed by atoms with Gasteiger partial charge in [-0.3, -0.25) is 0 Å². The molecule has 7 aromatic rings. The first-order valence-corrected chi connectivity index (χ1v) is 12.0. The normalized spacial score (nSPS) is 11.6. The second kappa shape index (κ2) is 7.78. The van der Waals surface area contributed by atoms with Crippen molar-refractivity contribution < 1.29 is 17.8 Å². The Morgan fingerprint density at radius 2 is 1.59 bits per heavy atom. The van der Waals surface area contributed by atoms with Crippen LogP contribution in [-0.2, 0) is 7.05 Å². The van der Waals surface area contributed by atoms with E-state index in [1.165, 1.54) is 12.1 Å². The monoisotopic (exact) mass is 483 g/mol. The molecule has 176 valence electrons. The van der Waals surface area contributed by atoms with Crippen molar-refractivity contribution in [1.29, 1.82) is 5.26 Å². The molecule has 0 N–H and O–H groups in total. The van der Waals surface area contributed by atoms with Crippen LogP contribution in [0.15, 0.2) is 93.9 Å². The van der Waals surface area contributed by atoms with E-state index in [1.54, 1.807) is 6.20 Å². The van der Waals surface area contributed by atoms with E-state index < -0.39 is 0 Å². The number of hydrogen-bond donors (Lipinski definition) is 0. The molecule has 4 nitrogen and oxygen atoms in total. The maximum absolute atomic E-state index is 14.3. The number of pyridine rings is 1. The first kappa shape index (κ1) is 21.3. The minimum absolute atomic E-state index is 0.313. The van der Waals surface area contributed by atoms with Gasteiger partial charge in [-0.1, -0.05) is 36.4 Å². The molecule has 0 radical (unpaired) electrons. The summed E-state index contributed by atoms with van der Waals surface area (Å²) < 4.78 is 28.9. The largest absolute Gasteiger partial charge is 0.456 e. The lowest BCUT2D eigenvalue weighted by Crippen LogP contribution is -2.30. The summed E-state index contributed by atoms with van der Waals surface area (Å²) in [4.78, 5) is 0. The van der Waals surface area contributed by atoms with E-state index in [0.29, 0.717) is 22.4 Å². The number of furan rings is 2. The first-order chi connectivity index (χ1) is 18.0. The molecule has 0 amide bonds. The van der Waals surface area contributed by atoms with E-state index in [-0.39, 0.29) is 5.82 Å². The molecule has 0 aliphatic rings. The second-order valence-electron chi connectivity index (χ2n) is 9.40. The summed E-state index contributed by atoms with van der Waals surface area (Å²) in [6.07, 6.45) is 1.70. The lowest BCUT2D eigenvalue weighted by molar-refractivity contribution is -0.660. The van der Waals surface area contributed by atoms with Gasteiger partial charge in [0.15, 0.2) is 6.20 Å². The Hall–Kier alpha value is -4.95. The highest BCUT2D eigenvalue weighted by molar-refractivity contribution is 6.14. The number of aryl methyl sites for hydroxylation is 2. The molecule has 7 rings (SSSR count). The minimum atomic E-state index is -0.313. The number of aromatic nitrogens is 1. The van der Waals surface area contributed by atoms with Crippen molar-refractivity contribution >= 4 is 43.9 Å². The summed E-state index contributed by atoms with van der Waals surface area (Å²) in [7, 11) is 1.89. The van der Waals surface area contributed by atoms with Gasteiger partial charge >= 0.3 is 0 Å². The third-order valence-corrected chi connectivity index (χ3v) is 7.14. The van der Waals surface area contributed by atoms with Crippen LogP contribution in [0.25, 0.3) is 66.3 Å². The fraction of sp³-hybridized carbons (Fsp3) is 0.0625. The standard InChI is InChI=1S/C32H20FN2O2/c1-18-7-9-24-26-14-19(17-34)13-25(20-8-10-23-22-5-3-4-6-28(22)36-29(23)15-20)31(26)37-32(24)30(18)27-16-21(33)11-12-35(27)2/h3-16H,1-2H3/q+1. The van der Waals surface area contributed by atoms with Gasteiger partial charge in [0.25, 0.3) is 0 Å². The van der Waals surface area contributed by atoms with Crippen molar-refractivity contribution in [3.05, 3.63) is 102 Å². The van der Waals surface area contributed by atoms with E-state index >= 15 is 0 Å². The van der Waals surface area contributed by atoms with Gasteiger partial charge in [-0.05, 0) is 48.4 Å². The molecule has 0 unspecified atom stereocenters. The molecular formula is C32H20FN2O2+. The van der Waals surface area contributed by atoms with Crippen LogP contribution in [-0.4, -0.2) is 0 Å². The van der Waals surface area contributed by atoms with E-state index in [0.717, 1.165) is 55.0 Å². The predicted molar refractivity (Wildman–Crippen MR) is 142 cm³/mol. The molecule has 3 heterocycles. The summed E-state index contributed by atoms with van der Waals surface area (Å²) in [6, 6.07) is 27.0. The molecule has 37 heavy (non-hydrogen) atoms. The van der Waals surface area contributed by atoms with E-state index in [1.807, 2.05) is 85.3 Å². The van der Waals surface area contributed by atoms with Gasteiger partial charge in [-0.15, -0.1) is 0 Å². The Balaban J connectivity index is 1.55. The molecule has 0 bridgehead atoms. The average molecular weight is 484 g/mol. The number of para-hydroxylation sites is 1. The number of nitriles is 1. The zero-order valence-electron chi connectivity index (χ0n) is 20.2. The third kappa shape index (κ3) is 3.16. The number of halogens is 1. The van der Waals surface area contributed by atoms with Crippen LogP contribution >= 0.6 is 0 Å². The van der Waals surface area contributed by atoms with Gasteiger partial charge in [-0.2, -0.15) is 5.26 Å². The first-order valence-electron chi connectivity index (χ1n) is 12.0. The van der Waals surface area contributed by atoms with Gasteiger partial charge in [-0.25, -0.2) is 8.96 Å². The summed E-state index contributed by atoms with van der Waals surface area (Å²) in [5.74, 6) is -0.313. The van der Waals surface area contributed by atoms with Gasteiger partial charge in [0, 0.05) is 39.2 Å². The van der Waals surface area contributed by atoms with Crippen LogP contribution in [0.2, 0.25) is 0 Å². The number of rotatable bonds is 2. The van der Waals surface area contributed by atoms with E-state index in [4.69, 9.17) is 8.83 Å². The number of benzene rings is 4. The van der Waals surface area contributed by atoms with E-state index in [2.05, 4.69) is 6.07 Å². The minimum Gasteiger partial charge on any atom is -0.456 e. The molecule has 0 saturated carbocycles. The number of hydrogen-bond acceptors (Lipinski definition) is 3. The Morgan fingerprint density at radius 3 is 2.46 bits per heavy atom. The zero-order chi connectivity index (χ0) is 25.3. The summed E-state index contributed by atoms with van der Waals surface area (Å²) >= 11 is 0. The molecule has 0 aliphatic heterocycles. The molecular weight excluding hydrogens is 463 g/mol. The van der Waals surface area contributed by atoms with Gasteiger partial charge in [0.05, 0.1) is 17.2 Å². The smallest absolute Gasteiger partial charge is 0.219 e.